The maximum atomic E-state index is 12.5. The van der Waals surface area contributed by atoms with Crippen LogP contribution < -0.4 is 5.32 Å². The van der Waals surface area contributed by atoms with Crippen molar-refractivity contribution in [3.8, 4) is 0 Å². The van der Waals surface area contributed by atoms with E-state index in [9.17, 15) is 4.79 Å². The fourth-order valence-corrected chi connectivity index (χ4v) is 3.82. The van der Waals surface area contributed by atoms with Gasteiger partial charge >= 0.3 is 0 Å². The number of aryl methyl sites for hydroxylation is 2. The molecule has 162 valence electrons. The molecule has 1 N–H and O–H groups in total. The van der Waals surface area contributed by atoms with Gasteiger partial charge in [-0.1, -0.05) is 30.3 Å². The molecular formula is C24H29N5O2. The smallest absolute Gasteiger partial charge is 0.238 e. The van der Waals surface area contributed by atoms with Crippen molar-refractivity contribution in [1.82, 2.24) is 19.7 Å². The van der Waals surface area contributed by atoms with Crippen LogP contribution in [0.5, 0.6) is 0 Å². The number of aromatic nitrogens is 3. The first-order chi connectivity index (χ1) is 15.0. The Morgan fingerprint density at radius 2 is 2.03 bits per heavy atom. The van der Waals surface area contributed by atoms with Gasteiger partial charge in [-0.15, -0.1) is 0 Å². The Kier molecular flexibility index (Phi) is 6.44. The van der Waals surface area contributed by atoms with Crippen LogP contribution in [0.4, 0.5) is 5.69 Å². The summed E-state index contributed by atoms with van der Waals surface area (Å²) in [5.74, 6) is -0.0435. The third-order valence-electron chi connectivity index (χ3n) is 5.82. The lowest BCUT2D eigenvalue weighted by Gasteiger charge is -2.32. The predicted molar refractivity (Wildman–Crippen MR) is 120 cm³/mol. The number of hydrogen-bond acceptors (Lipinski definition) is 5. The van der Waals surface area contributed by atoms with Crippen LogP contribution in [0.2, 0.25) is 0 Å². The van der Waals surface area contributed by atoms with Crippen LogP contribution in [-0.4, -0.2) is 51.8 Å². The Labute approximate surface area is 183 Å². The first-order valence-electron chi connectivity index (χ1n) is 10.6. The molecule has 1 fully saturated rings. The van der Waals surface area contributed by atoms with E-state index in [1.165, 1.54) is 11.1 Å². The normalized spacial score (nSPS) is 16.9. The van der Waals surface area contributed by atoms with Gasteiger partial charge in [0, 0.05) is 32.3 Å². The Hall–Kier alpha value is -3.03. The van der Waals surface area contributed by atoms with Crippen molar-refractivity contribution in [2.24, 2.45) is 7.05 Å². The molecule has 1 aromatic carbocycles. The van der Waals surface area contributed by atoms with Gasteiger partial charge in [-0.3, -0.25) is 19.4 Å². The molecule has 7 nitrogen and oxygen atoms in total. The second-order valence-electron chi connectivity index (χ2n) is 8.07. The highest BCUT2D eigenvalue weighted by molar-refractivity contribution is 5.92. The largest absolute Gasteiger partial charge is 0.369 e. The lowest BCUT2D eigenvalue weighted by atomic mass is 10.0. The highest BCUT2D eigenvalue weighted by Crippen LogP contribution is 2.22. The first kappa shape index (κ1) is 21.2. The van der Waals surface area contributed by atoms with E-state index >= 15 is 0 Å². The summed E-state index contributed by atoms with van der Waals surface area (Å²) < 4.78 is 7.74. The minimum absolute atomic E-state index is 0.0435. The third kappa shape index (κ3) is 5.18. The molecule has 31 heavy (non-hydrogen) atoms. The second kappa shape index (κ2) is 9.41. The summed E-state index contributed by atoms with van der Waals surface area (Å²) in [4.78, 5) is 19.5. The number of benzene rings is 1. The number of ether oxygens (including phenoxy) is 1. The molecular weight excluding hydrogens is 390 g/mol. The standard InChI is InChI=1S/C24H29N5O2/c1-17-7-4-5-8-19(17)13-20-9-6-10-21(26-20)23-15-29(11-12-31-23)16-24(30)27-22-14-25-28(3)18(22)2/h4-10,14,23H,11-13,15-16H2,1-3H3,(H,27,30)/t23-/m0/s1. The Morgan fingerprint density at radius 3 is 2.81 bits per heavy atom. The van der Waals surface area contributed by atoms with E-state index in [4.69, 9.17) is 9.72 Å². The van der Waals surface area contributed by atoms with Gasteiger partial charge in [0.05, 0.1) is 36.4 Å². The lowest BCUT2D eigenvalue weighted by molar-refractivity contribution is -0.119. The minimum atomic E-state index is -0.140. The predicted octanol–water partition coefficient (Wildman–Crippen LogP) is 3.03. The van der Waals surface area contributed by atoms with E-state index in [-0.39, 0.29) is 12.0 Å². The zero-order valence-electron chi connectivity index (χ0n) is 18.3. The molecule has 0 aliphatic carbocycles. The summed E-state index contributed by atoms with van der Waals surface area (Å²) in [6.07, 6.45) is 2.33. The zero-order chi connectivity index (χ0) is 21.8. The van der Waals surface area contributed by atoms with Gasteiger partial charge in [0.2, 0.25) is 5.91 Å². The molecule has 0 saturated carbocycles. The second-order valence-corrected chi connectivity index (χ2v) is 8.07. The van der Waals surface area contributed by atoms with Crippen molar-refractivity contribution < 1.29 is 9.53 Å². The molecule has 2 aromatic heterocycles. The Balaban J connectivity index is 1.38. The van der Waals surface area contributed by atoms with E-state index in [2.05, 4.69) is 52.6 Å². The topological polar surface area (TPSA) is 72.3 Å². The average Bonchev–Trinajstić information content (AvgIpc) is 3.08. The third-order valence-corrected chi connectivity index (χ3v) is 5.82. The van der Waals surface area contributed by atoms with E-state index in [1.807, 2.05) is 26.1 Å². The number of carbonyl (C=O) groups is 1. The summed E-state index contributed by atoms with van der Waals surface area (Å²) in [6.45, 7) is 6.31. The molecule has 7 heteroatoms. The molecule has 4 rings (SSSR count). The van der Waals surface area contributed by atoms with Crippen LogP contribution >= 0.6 is 0 Å². The minimum Gasteiger partial charge on any atom is -0.369 e. The SMILES string of the molecule is Cc1ccccc1Cc1cccc([C@@H]2CN(CC(=O)Nc3cnn(C)c3C)CCO2)n1. The van der Waals surface area contributed by atoms with Gasteiger partial charge in [0.1, 0.15) is 6.10 Å². The van der Waals surface area contributed by atoms with Gasteiger partial charge in [-0.25, -0.2) is 0 Å². The average molecular weight is 420 g/mol. The van der Waals surface area contributed by atoms with Crippen LogP contribution in [0.3, 0.4) is 0 Å². The van der Waals surface area contributed by atoms with Crippen molar-refractivity contribution in [1.29, 1.82) is 0 Å². The highest BCUT2D eigenvalue weighted by atomic mass is 16.5. The number of morpholine rings is 1. The molecule has 0 unspecified atom stereocenters. The van der Waals surface area contributed by atoms with E-state index in [0.29, 0.717) is 19.7 Å². The Bertz CT molecular complexity index is 1060. The van der Waals surface area contributed by atoms with Crippen LogP contribution in [-0.2, 0) is 23.0 Å². The van der Waals surface area contributed by atoms with Gasteiger partial charge in [-0.05, 0) is 37.1 Å². The lowest BCUT2D eigenvalue weighted by Crippen LogP contribution is -2.42. The van der Waals surface area contributed by atoms with Crippen molar-refractivity contribution >= 4 is 11.6 Å². The summed E-state index contributed by atoms with van der Waals surface area (Å²) in [5.41, 5.74) is 6.17. The summed E-state index contributed by atoms with van der Waals surface area (Å²) in [5, 5.41) is 7.13. The van der Waals surface area contributed by atoms with Crippen molar-refractivity contribution in [3.05, 3.63) is 76.9 Å². The molecule has 3 heterocycles. The van der Waals surface area contributed by atoms with Gasteiger partial charge in [0.25, 0.3) is 0 Å². The number of rotatable bonds is 6. The summed E-state index contributed by atoms with van der Waals surface area (Å²) >= 11 is 0. The highest BCUT2D eigenvalue weighted by Gasteiger charge is 2.25. The number of hydrogen-bond donors (Lipinski definition) is 1. The van der Waals surface area contributed by atoms with Gasteiger partial charge in [-0.2, -0.15) is 5.10 Å². The van der Waals surface area contributed by atoms with Gasteiger partial charge in [0.15, 0.2) is 0 Å². The Morgan fingerprint density at radius 1 is 1.19 bits per heavy atom. The quantitative estimate of drug-likeness (QED) is 0.665. The van der Waals surface area contributed by atoms with Crippen LogP contribution in [0, 0.1) is 13.8 Å². The molecule has 1 aliphatic rings. The monoisotopic (exact) mass is 419 g/mol. The van der Waals surface area contributed by atoms with Crippen molar-refractivity contribution in [3.63, 3.8) is 0 Å². The van der Waals surface area contributed by atoms with Crippen LogP contribution in [0.25, 0.3) is 0 Å². The summed E-state index contributed by atoms with van der Waals surface area (Å²) in [7, 11) is 1.86. The summed E-state index contributed by atoms with van der Waals surface area (Å²) in [6, 6.07) is 14.5. The number of anilines is 1. The molecule has 3 aromatic rings. The fourth-order valence-electron chi connectivity index (χ4n) is 3.82. The van der Waals surface area contributed by atoms with Crippen molar-refractivity contribution in [2.45, 2.75) is 26.4 Å². The molecule has 1 atom stereocenters. The van der Waals surface area contributed by atoms with E-state index in [1.54, 1.807) is 10.9 Å². The number of pyridine rings is 1. The number of nitrogens with one attached hydrogen (secondary N) is 1. The molecule has 0 bridgehead atoms. The first-order valence-corrected chi connectivity index (χ1v) is 10.6. The van der Waals surface area contributed by atoms with Crippen LogP contribution in [0.1, 0.15) is 34.3 Å². The molecule has 0 spiro atoms. The maximum absolute atomic E-state index is 12.5. The number of amides is 1. The molecule has 0 radical (unpaired) electrons. The number of carbonyl (C=O) groups excluding carboxylic acids is 1. The molecule has 1 amide bonds. The van der Waals surface area contributed by atoms with Crippen LogP contribution in [0.15, 0.2) is 48.7 Å². The maximum Gasteiger partial charge on any atom is 0.238 e. The van der Waals surface area contributed by atoms with E-state index in [0.717, 1.165) is 35.7 Å². The van der Waals surface area contributed by atoms with Crippen molar-refractivity contribution in [2.75, 3.05) is 31.6 Å². The zero-order valence-corrected chi connectivity index (χ0v) is 18.3. The fraction of sp³-hybridized carbons (Fsp3) is 0.375. The van der Waals surface area contributed by atoms with Gasteiger partial charge < -0.3 is 10.1 Å². The molecule has 1 saturated heterocycles. The number of nitrogens with zero attached hydrogens (tertiary/aromatic N) is 4. The molecule has 1 aliphatic heterocycles. The van der Waals surface area contributed by atoms with E-state index < -0.39 is 0 Å².